The number of hydrogen-bond acceptors (Lipinski definition) is 4. The van der Waals surface area contributed by atoms with E-state index in [9.17, 15) is 9.90 Å². The third kappa shape index (κ3) is 2.88. The van der Waals surface area contributed by atoms with Crippen molar-refractivity contribution in [3.05, 3.63) is 64.9 Å². The number of H-pyrrole nitrogens is 1. The lowest BCUT2D eigenvalue weighted by molar-refractivity contribution is 0.0697. The highest BCUT2D eigenvalue weighted by Gasteiger charge is 2.13. The van der Waals surface area contributed by atoms with Crippen LogP contribution >= 0.6 is 11.6 Å². The van der Waals surface area contributed by atoms with Gasteiger partial charge in [0.25, 0.3) is 0 Å². The normalized spacial score (nSPS) is 11.1. The second-order valence-corrected chi connectivity index (χ2v) is 6.06. The number of benzene rings is 2. The molecule has 124 valence electrons. The predicted molar refractivity (Wildman–Crippen MR) is 97.1 cm³/mol. The summed E-state index contributed by atoms with van der Waals surface area (Å²) in [7, 11) is 0. The molecule has 4 aromatic rings. The maximum atomic E-state index is 11.3. The molecule has 0 spiro atoms. The molecule has 0 saturated carbocycles. The van der Waals surface area contributed by atoms with Crippen LogP contribution in [0.15, 0.2) is 48.8 Å². The molecule has 2 aromatic carbocycles. The zero-order valence-corrected chi connectivity index (χ0v) is 13.7. The molecule has 4 rings (SSSR count). The summed E-state index contributed by atoms with van der Waals surface area (Å²) in [5.74, 6) is -0.333. The first-order chi connectivity index (χ1) is 12.1. The minimum absolute atomic E-state index is 0.220. The first-order valence-corrected chi connectivity index (χ1v) is 7.97. The third-order valence-electron chi connectivity index (χ3n) is 3.99. The van der Waals surface area contributed by atoms with Crippen LogP contribution in [0.4, 0.5) is 5.82 Å². The van der Waals surface area contributed by atoms with Gasteiger partial charge in [-0.3, -0.25) is 0 Å². The number of carbonyl (C=O) groups is 1. The maximum Gasteiger partial charge on any atom is 0.335 e. The van der Waals surface area contributed by atoms with Crippen molar-refractivity contribution < 1.29 is 9.90 Å². The zero-order valence-electron chi connectivity index (χ0n) is 13.0. The fourth-order valence-corrected chi connectivity index (χ4v) is 3.04. The molecule has 0 aliphatic heterocycles. The number of halogens is 1. The van der Waals surface area contributed by atoms with Crippen LogP contribution in [0.1, 0.15) is 15.9 Å². The number of carboxylic acids is 1. The van der Waals surface area contributed by atoms with Crippen LogP contribution in [0.2, 0.25) is 5.02 Å². The smallest absolute Gasteiger partial charge is 0.335 e. The second kappa shape index (κ2) is 6.07. The third-order valence-corrected chi connectivity index (χ3v) is 4.22. The number of nitrogens with one attached hydrogen (secondary N) is 2. The van der Waals surface area contributed by atoms with E-state index in [0.717, 1.165) is 21.9 Å². The number of hydrogen-bond donors (Lipinski definition) is 3. The second-order valence-electron chi connectivity index (χ2n) is 5.62. The number of aromatic nitrogens is 3. The van der Waals surface area contributed by atoms with Crippen LogP contribution < -0.4 is 5.32 Å². The first-order valence-electron chi connectivity index (χ1n) is 7.60. The van der Waals surface area contributed by atoms with Crippen LogP contribution in [0, 0.1) is 0 Å². The number of aromatic carboxylic acids is 1. The van der Waals surface area contributed by atoms with E-state index in [4.69, 9.17) is 11.6 Å². The summed E-state index contributed by atoms with van der Waals surface area (Å²) >= 11 is 6.02. The van der Waals surface area contributed by atoms with E-state index in [1.165, 1.54) is 6.33 Å². The largest absolute Gasteiger partial charge is 0.478 e. The highest BCUT2D eigenvalue weighted by atomic mass is 35.5. The van der Waals surface area contributed by atoms with E-state index in [1.807, 2.05) is 24.3 Å². The Morgan fingerprint density at radius 3 is 2.88 bits per heavy atom. The Labute approximate surface area is 147 Å². The Bertz CT molecular complexity index is 1110. The Morgan fingerprint density at radius 2 is 2.08 bits per heavy atom. The summed E-state index contributed by atoms with van der Waals surface area (Å²) in [6, 6.07) is 12.5. The lowest BCUT2D eigenvalue weighted by Gasteiger charge is -2.07. The molecule has 0 aliphatic rings. The van der Waals surface area contributed by atoms with Gasteiger partial charge in [-0.25, -0.2) is 14.8 Å². The van der Waals surface area contributed by atoms with Gasteiger partial charge in [0.05, 0.1) is 10.9 Å². The first kappa shape index (κ1) is 15.4. The average molecular weight is 353 g/mol. The molecular formula is C18H13ClN4O2. The van der Waals surface area contributed by atoms with Crippen LogP contribution in [0.3, 0.4) is 0 Å². The summed E-state index contributed by atoms with van der Waals surface area (Å²) in [4.78, 5) is 23.0. The van der Waals surface area contributed by atoms with Crippen molar-refractivity contribution in [1.29, 1.82) is 0 Å². The van der Waals surface area contributed by atoms with Gasteiger partial charge in [0.1, 0.15) is 17.8 Å². The Kier molecular flexibility index (Phi) is 3.74. The monoisotopic (exact) mass is 352 g/mol. The molecule has 7 heteroatoms. The Hall–Kier alpha value is -3.12. The highest BCUT2D eigenvalue weighted by molar-refractivity contribution is 6.30. The van der Waals surface area contributed by atoms with Gasteiger partial charge in [0.2, 0.25) is 0 Å². The number of anilines is 1. The number of carboxylic acid groups (broad SMARTS) is 1. The Balaban J connectivity index is 1.79. The van der Waals surface area contributed by atoms with Crippen LogP contribution in [-0.2, 0) is 6.54 Å². The molecule has 3 N–H and O–H groups in total. The molecule has 0 fully saturated rings. The molecule has 6 nitrogen and oxygen atoms in total. The fraction of sp³-hybridized carbons (Fsp3) is 0.0556. The van der Waals surface area contributed by atoms with E-state index in [2.05, 4.69) is 20.3 Å². The van der Waals surface area contributed by atoms with Crippen molar-refractivity contribution >= 4 is 45.3 Å². The van der Waals surface area contributed by atoms with Crippen LogP contribution in [0.5, 0.6) is 0 Å². The van der Waals surface area contributed by atoms with Crippen molar-refractivity contribution in [3.8, 4) is 0 Å². The highest BCUT2D eigenvalue weighted by Crippen LogP contribution is 2.30. The van der Waals surface area contributed by atoms with Gasteiger partial charge in [-0.15, -0.1) is 0 Å². The molecular weight excluding hydrogens is 340 g/mol. The quantitative estimate of drug-likeness (QED) is 0.515. The Morgan fingerprint density at radius 1 is 1.20 bits per heavy atom. The van der Waals surface area contributed by atoms with Gasteiger partial charge in [-0.1, -0.05) is 23.7 Å². The molecule has 0 unspecified atom stereocenters. The number of nitrogens with zero attached hydrogens (tertiary/aromatic N) is 2. The SMILES string of the molecule is O=C(O)c1ccc2[nH]c3ncnc(NCc4cccc(Cl)c4)c3c2c1. The van der Waals surface area contributed by atoms with Crippen molar-refractivity contribution in [2.75, 3.05) is 5.32 Å². The van der Waals surface area contributed by atoms with Crippen LogP contribution in [0.25, 0.3) is 21.9 Å². The van der Waals surface area contributed by atoms with Crippen molar-refractivity contribution in [1.82, 2.24) is 15.0 Å². The minimum atomic E-state index is -0.971. The van der Waals surface area contributed by atoms with Gasteiger partial charge in [-0.2, -0.15) is 0 Å². The van der Waals surface area contributed by atoms with E-state index in [-0.39, 0.29) is 5.56 Å². The molecule has 0 bridgehead atoms. The molecule has 0 amide bonds. The summed E-state index contributed by atoms with van der Waals surface area (Å²) < 4.78 is 0. The van der Waals surface area contributed by atoms with Gasteiger partial charge >= 0.3 is 5.97 Å². The molecule has 0 atom stereocenters. The van der Waals surface area contributed by atoms with E-state index < -0.39 is 5.97 Å². The van der Waals surface area contributed by atoms with Gasteiger partial charge in [-0.05, 0) is 35.9 Å². The summed E-state index contributed by atoms with van der Waals surface area (Å²) in [6.07, 6.45) is 1.47. The van der Waals surface area contributed by atoms with E-state index in [1.54, 1.807) is 18.2 Å². The molecule has 0 radical (unpaired) electrons. The number of fused-ring (bicyclic) bond motifs is 3. The lowest BCUT2D eigenvalue weighted by Crippen LogP contribution is -2.02. The predicted octanol–water partition coefficient (Wildman–Crippen LogP) is 4.07. The van der Waals surface area contributed by atoms with Gasteiger partial charge in [0.15, 0.2) is 0 Å². The minimum Gasteiger partial charge on any atom is -0.478 e. The van der Waals surface area contributed by atoms with E-state index in [0.29, 0.717) is 23.0 Å². The van der Waals surface area contributed by atoms with Crippen LogP contribution in [-0.4, -0.2) is 26.0 Å². The lowest BCUT2D eigenvalue weighted by atomic mass is 10.1. The van der Waals surface area contributed by atoms with Crippen molar-refractivity contribution in [3.63, 3.8) is 0 Å². The fourth-order valence-electron chi connectivity index (χ4n) is 2.82. The maximum absolute atomic E-state index is 11.3. The molecule has 0 saturated heterocycles. The molecule has 2 aromatic heterocycles. The van der Waals surface area contributed by atoms with E-state index >= 15 is 0 Å². The van der Waals surface area contributed by atoms with Gasteiger partial charge in [0, 0.05) is 22.5 Å². The molecule has 2 heterocycles. The summed E-state index contributed by atoms with van der Waals surface area (Å²) in [5.41, 5.74) is 2.70. The summed E-state index contributed by atoms with van der Waals surface area (Å²) in [6.45, 7) is 0.540. The standard InChI is InChI=1S/C18H13ClN4O2/c19-12-3-1-2-10(6-12)8-20-16-15-13-7-11(18(24)25)4-5-14(13)23-17(15)22-9-21-16/h1-7,9H,8H2,(H,24,25)(H2,20,21,22,23). The molecule has 25 heavy (non-hydrogen) atoms. The van der Waals surface area contributed by atoms with Crippen molar-refractivity contribution in [2.45, 2.75) is 6.54 Å². The number of aromatic amines is 1. The van der Waals surface area contributed by atoms with Crippen molar-refractivity contribution in [2.24, 2.45) is 0 Å². The average Bonchev–Trinajstić information content (AvgIpc) is 2.98. The zero-order chi connectivity index (χ0) is 17.4. The van der Waals surface area contributed by atoms with Gasteiger partial charge < -0.3 is 15.4 Å². The molecule has 0 aliphatic carbocycles. The number of rotatable bonds is 4. The summed E-state index contributed by atoms with van der Waals surface area (Å²) in [5, 5.41) is 14.7. The topological polar surface area (TPSA) is 90.9 Å².